The van der Waals surface area contributed by atoms with Crippen LogP contribution in [-0.4, -0.2) is 28.9 Å². The number of anilines is 1. The predicted molar refractivity (Wildman–Crippen MR) is 80.6 cm³/mol. The fourth-order valence-corrected chi connectivity index (χ4v) is 2.92. The van der Waals surface area contributed by atoms with E-state index in [1.807, 2.05) is 4.90 Å². The molecule has 0 radical (unpaired) electrons. The molecule has 2 rings (SSSR count). The van der Waals surface area contributed by atoms with Crippen molar-refractivity contribution in [1.82, 2.24) is 9.88 Å². The molecule has 0 unspecified atom stereocenters. The first kappa shape index (κ1) is 15.1. The van der Waals surface area contributed by atoms with Crippen LogP contribution >= 0.6 is 11.6 Å². The van der Waals surface area contributed by atoms with Crippen molar-refractivity contribution in [2.75, 3.05) is 18.5 Å². The number of nitrogen functional groups attached to an aromatic ring is 1. The zero-order valence-corrected chi connectivity index (χ0v) is 12.5. The first-order valence-electron chi connectivity index (χ1n) is 7.07. The number of pyridine rings is 1. The highest BCUT2D eigenvalue weighted by Crippen LogP contribution is 2.24. The first-order valence-corrected chi connectivity index (χ1v) is 7.45. The molecule has 1 aromatic rings. The fourth-order valence-electron chi connectivity index (χ4n) is 2.71. The number of nitrogens with two attached hydrogens (primary N) is 1. The van der Waals surface area contributed by atoms with E-state index in [0.717, 1.165) is 31.8 Å². The Balaban J connectivity index is 2.03. The minimum Gasteiger partial charge on any atom is -0.339 e. The lowest BCUT2D eigenvalue weighted by atomic mass is 9.92. The highest BCUT2D eigenvalue weighted by molar-refractivity contribution is 6.29. The van der Waals surface area contributed by atoms with Crippen LogP contribution in [0.1, 0.15) is 43.0 Å². The van der Waals surface area contributed by atoms with E-state index in [-0.39, 0.29) is 11.1 Å². The number of rotatable bonds is 4. The van der Waals surface area contributed by atoms with Crippen molar-refractivity contribution in [3.63, 3.8) is 0 Å². The van der Waals surface area contributed by atoms with E-state index >= 15 is 0 Å². The van der Waals surface area contributed by atoms with Crippen LogP contribution in [0, 0.1) is 5.92 Å². The van der Waals surface area contributed by atoms with Gasteiger partial charge in [0, 0.05) is 18.7 Å². The number of hydrazine groups is 1. The van der Waals surface area contributed by atoms with Crippen molar-refractivity contribution < 1.29 is 4.79 Å². The van der Waals surface area contributed by atoms with Crippen molar-refractivity contribution in [3.8, 4) is 0 Å². The largest absolute Gasteiger partial charge is 0.339 e. The minimum absolute atomic E-state index is 0.000693. The summed E-state index contributed by atoms with van der Waals surface area (Å²) in [5.74, 6) is 6.48. The lowest BCUT2D eigenvalue weighted by Crippen LogP contribution is -2.38. The maximum absolute atomic E-state index is 12.5. The van der Waals surface area contributed by atoms with E-state index in [2.05, 4.69) is 17.3 Å². The zero-order valence-electron chi connectivity index (χ0n) is 11.7. The van der Waals surface area contributed by atoms with Gasteiger partial charge < -0.3 is 10.3 Å². The summed E-state index contributed by atoms with van der Waals surface area (Å²) in [4.78, 5) is 18.3. The Morgan fingerprint density at radius 1 is 1.50 bits per heavy atom. The number of amides is 1. The third kappa shape index (κ3) is 3.61. The molecule has 1 saturated heterocycles. The zero-order chi connectivity index (χ0) is 14.5. The normalized spacial score (nSPS) is 16.2. The number of likely N-dealkylation sites (tertiary alicyclic amines) is 1. The second-order valence-corrected chi connectivity index (χ2v) is 5.62. The number of piperidine rings is 1. The van der Waals surface area contributed by atoms with Gasteiger partial charge in [0.2, 0.25) is 0 Å². The average Bonchev–Trinajstić information content (AvgIpc) is 2.47. The summed E-state index contributed by atoms with van der Waals surface area (Å²) in [6.45, 7) is 3.83. The van der Waals surface area contributed by atoms with Crippen molar-refractivity contribution in [3.05, 3.63) is 22.8 Å². The minimum atomic E-state index is 0.000693. The van der Waals surface area contributed by atoms with Crippen LogP contribution in [0.5, 0.6) is 0 Å². The SMILES string of the molecule is CCCC1CCN(C(=O)c2cc(Cl)nc(NN)c2)CC1. The van der Waals surface area contributed by atoms with Crippen LogP contribution in [0.3, 0.4) is 0 Å². The lowest BCUT2D eigenvalue weighted by Gasteiger charge is -2.32. The summed E-state index contributed by atoms with van der Waals surface area (Å²) < 4.78 is 0. The van der Waals surface area contributed by atoms with Gasteiger partial charge in [-0.15, -0.1) is 0 Å². The molecular weight excluding hydrogens is 276 g/mol. The number of carbonyl (C=O) groups excluding carboxylic acids is 1. The van der Waals surface area contributed by atoms with E-state index < -0.39 is 0 Å². The summed E-state index contributed by atoms with van der Waals surface area (Å²) in [6, 6.07) is 3.22. The van der Waals surface area contributed by atoms with Crippen molar-refractivity contribution >= 4 is 23.3 Å². The van der Waals surface area contributed by atoms with Crippen LogP contribution in [0.15, 0.2) is 12.1 Å². The van der Waals surface area contributed by atoms with Crippen LogP contribution < -0.4 is 11.3 Å². The van der Waals surface area contributed by atoms with Gasteiger partial charge in [-0.25, -0.2) is 10.8 Å². The highest BCUT2D eigenvalue weighted by atomic mass is 35.5. The molecule has 2 heterocycles. The monoisotopic (exact) mass is 296 g/mol. The van der Waals surface area contributed by atoms with Crippen LogP contribution in [0.2, 0.25) is 5.15 Å². The Bertz CT molecular complexity index is 472. The molecule has 3 N–H and O–H groups in total. The molecular formula is C14H21ClN4O. The van der Waals surface area contributed by atoms with Crippen molar-refractivity contribution in [1.29, 1.82) is 0 Å². The molecule has 1 aromatic heterocycles. The Morgan fingerprint density at radius 2 is 2.20 bits per heavy atom. The van der Waals surface area contributed by atoms with Gasteiger partial charge in [-0.3, -0.25) is 4.79 Å². The third-order valence-corrected chi connectivity index (χ3v) is 3.98. The average molecular weight is 297 g/mol. The molecule has 0 spiro atoms. The Morgan fingerprint density at radius 3 is 2.80 bits per heavy atom. The van der Waals surface area contributed by atoms with Crippen LogP contribution in [0.4, 0.5) is 5.82 Å². The van der Waals surface area contributed by atoms with Gasteiger partial charge in [0.05, 0.1) is 0 Å². The summed E-state index contributed by atoms with van der Waals surface area (Å²) in [7, 11) is 0. The molecule has 0 atom stereocenters. The van der Waals surface area contributed by atoms with Crippen LogP contribution in [0.25, 0.3) is 0 Å². The van der Waals surface area contributed by atoms with E-state index in [9.17, 15) is 4.79 Å². The number of hydrogen-bond acceptors (Lipinski definition) is 4. The molecule has 110 valence electrons. The molecule has 1 fully saturated rings. The maximum Gasteiger partial charge on any atom is 0.254 e. The molecule has 0 aromatic carbocycles. The lowest BCUT2D eigenvalue weighted by molar-refractivity contribution is 0.0686. The fraction of sp³-hybridized carbons (Fsp3) is 0.571. The van der Waals surface area contributed by atoms with Gasteiger partial charge in [-0.1, -0.05) is 31.4 Å². The van der Waals surface area contributed by atoms with Gasteiger partial charge >= 0.3 is 0 Å². The summed E-state index contributed by atoms with van der Waals surface area (Å²) >= 11 is 5.90. The van der Waals surface area contributed by atoms with Gasteiger partial charge in [0.1, 0.15) is 11.0 Å². The Labute approximate surface area is 124 Å². The summed E-state index contributed by atoms with van der Waals surface area (Å²) in [5, 5.41) is 0.268. The molecule has 20 heavy (non-hydrogen) atoms. The molecule has 6 heteroatoms. The second-order valence-electron chi connectivity index (χ2n) is 5.23. The number of hydrogen-bond donors (Lipinski definition) is 2. The molecule has 5 nitrogen and oxygen atoms in total. The molecule has 0 bridgehead atoms. The smallest absolute Gasteiger partial charge is 0.254 e. The first-order chi connectivity index (χ1) is 9.63. The number of nitrogens with zero attached hydrogens (tertiary/aromatic N) is 2. The summed E-state index contributed by atoms with van der Waals surface area (Å²) in [6.07, 6.45) is 4.63. The summed E-state index contributed by atoms with van der Waals surface area (Å²) in [5.41, 5.74) is 2.96. The van der Waals surface area contributed by atoms with Gasteiger partial charge in [0.25, 0.3) is 5.91 Å². The number of halogens is 1. The molecule has 1 amide bonds. The van der Waals surface area contributed by atoms with Crippen molar-refractivity contribution in [2.45, 2.75) is 32.6 Å². The quantitative estimate of drug-likeness (QED) is 0.509. The maximum atomic E-state index is 12.5. The molecule has 0 saturated carbocycles. The number of nitrogens with one attached hydrogen (secondary N) is 1. The van der Waals surface area contributed by atoms with Crippen molar-refractivity contribution in [2.24, 2.45) is 11.8 Å². The van der Waals surface area contributed by atoms with Crippen LogP contribution in [-0.2, 0) is 0 Å². The van der Waals surface area contributed by atoms with E-state index in [1.54, 1.807) is 12.1 Å². The van der Waals surface area contributed by atoms with Gasteiger partial charge in [0.15, 0.2) is 0 Å². The Kier molecular flexibility index (Phi) is 5.20. The van der Waals surface area contributed by atoms with Gasteiger partial charge in [-0.2, -0.15) is 0 Å². The number of carbonyl (C=O) groups is 1. The van der Waals surface area contributed by atoms with E-state index in [4.69, 9.17) is 17.4 Å². The molecule has 1 aliphatic heterocycles. The molecule has 1 aliphatic rings. The van der Waals surface area contributed by atoms with Gasteiger partial charge in [-0.05, 0) is 30.9 Å². The Hall–Kier alpha value is -1.33. The van der Waals surface area contributed by atoms with E-state index in [0.29, 0.717) is 11.4 Å². The van der Waals surface area contributed by atoms with E-state index in [1.165, 1.54) is 12.8 Å². The predicted octanol–water partition coefficient (Wildman–Crippen LogP) is 2.67. The molecule has 0 aliphatic carbocycles. The topological polar surface area (TPSA) is 71.2 Å². The third-order valence-electron chi connectivity index (χ3n) is 3.79. The second kappa shape index (κ2) is 6.90. The standard InChI is InChI=1S/C14H21ClN4O/c1-2-3-10-4-6-19(7-5-10)14(20)11-8-12(15)17-13(9-11)18-16/h8-10H,2-7,16H2,1H3,(H,17,18). The number of aromatic nitrogens is 1. The highest BCUT2D eigenvalue weighted by Gasteiger charge is 2.23.